The van der Waals surface area contributed by atoms with Crippen LogP contribution in [0.5, 0.6) is 17.4 Å². The van der Waals surface area contributed by atoms with Crippen LogP contribution in [0.1, 0.15) is 29.2 Å². The number of amides is 1. The van der Waals surface area contributed by atoms with Crippen molar-refractivity contribution in [2.75, 3.05) is 0 Å². The molecule has 1 aliphatic heterocycles. The Kier molecular flexibility index (Phi) is 4.75. The molecule has 0 aliphatic carbocycles. The molecule has 3 aromatic rings. The second kappa shape index (κ2) is 7.50. The first-order chi connectivity index (χ1) is 13.2. The van der Waals surface area contributed by atoms with E-state index < -0.39 is 0 Å². The van der Waals surface area contributed by atoms with E-state index in [2.05, 4.69) is 17.1 Å². The third kappa shape index (κ3) is 4.08. The fraction of sp³-hybridized carbons (Fsp3) is 0.182. The predicted octanol–water partition coefficient (Wildman–Crippen LogP) is 3.97. The van der Waals surface area contributed by atoms with Crippen molar-refractivity contribution in [3.8, 4) is 17.4 Å². The van der Waals surface area contributed by atoms with E-state index in [-0.39, 0.29) is 18.4 Å². The molecule has 1 aliphatic rings. The zero-order valence-corrected chi connectivity index (χ0v) is 14.8. The Balaban J connectivity index is 1.45. The Morgan fingerprint density at radius 3 is 2.74 bits per heavy atom. The summed E-state index contributed by atoms with van der Waals surface area (Å²) < 4.78 is 12.0. The number of hydrogen-bond donors (Lipinski definition) is 1. The van der Waals surface area contributed by atoms with Gasteiger partial charge in [0.25, 0.3) is 0 Å². The number of hydrogen-bond acceptors (Lipinski definition) is 4. The lowest BCUT2D eigenvalue weighted by Crippen LogP contribution is -2.15. The minimum absolute atomic E-state index is 0.0879. The zero-order chi connectivity index (χ0) is 18.6. The summed E-state index contributed by atoms with van der Waals surface area (Å²) in [5, 5.41) is 0. The summed E-state index contributed by atoms with van der Waals surface area (Å²) in [4.78, 5) is 15.2. The van der Waals surface area contributed by atoms with Crippen LogP contribution in [0.25, 0.3) is 0 Å². The number of rotatable bonds is 5. The van der Waals surface area contributed by atoms with Crippen LogP contribution in [0.4, 0.5) is 0 Å². The fourth-order valence-corrected chi connectivity index (χ4v) is 3.23. The van der Waals surface area contributed by atoms with E-state index >= 15 is 0 Å². The molecule has 1 aromatic heterocycles. The first kappa shape index (κ1) is 17.1. The van der Waals surface area contributed by atoms with Crippen molar-refractivity contribution in [1.29, 1.82) is 0 Å². The molecule has 0 radical (unpaired) electrons. The molecule has 1 unspecified atom stereocenters. The third-order valence-corrected chi connectivity index (χ3v) is 4.55. The molecule has 5 nitrogen and oxygen atoms in total. The average Bonchev–Trinajstić information content (AvgIpc) is 2.69. The Labute approximate surface area is 157 Å². The van der Waals surface area contributed by atoms with Gasteiger partial charge in [-0.3, -0.25) is 4.79 Å². The van der Waals surface area contributed by atoms with Crippen LogP contribution in [0, 0.1) is 0 Å². The number of ether oxygens (including phenoxy) is 2. The van der Waals surface area contributed by atoms with Gasteiger partial charge in [-0.1, -0.05) is 36.4 Å². The van der Waals surface area contributed by atoms with Gasteiger partial charge in [0, 0.05) is 12.3 Å². The Bertz CT molecular complexity index is 940. The second-order valence-electron chi connectivity index (χ2n) is 6.58. The fourth-order valence-electron chi connectivity index (χ4n) is 3.23. The highest BCUT2D eigenvalue weighted by Crippen LogP contribution is 2.37. The molecule has 27 heavy (non-hydrogen) atoms. The molecule has 136 valence electrons. The quantitative estimate of drug-likeness (QED) is 0.747. The third-order valence-electron chi connectivity index (χ3n) is 4.55. The number of fused-ring (bicyclic) bond motifs is 1. The van der Waals surface area contributed by atoms with Gasteiger partial charge in [-0.05, 0) is 47.7 Å². The molecule has 1 amide bonds. The Morgan fingerprint density at radius 1 is 1.15 bits per heavy atom. The van der Waals surface area contributed by atoms with Crippen molar-refractivity contribution in [3.05, 3.63) is 83.6 Å². The Morgan fingerprint density at radius 2 is 2.00 bits per heavy atom. The van der Waals surface area contributed by atoms with Gasteiger partial charge in [0.1, 0.15) is 17.6 Å². The highest BCUT2D eigenvalue weighted by atomic mass is 16.5. The van der Waals surface area contributed by atoms with Crippen LogP contribution < -0.4 is 15.2 Å². The maximum atomic E-state index is 10.9. The van der Waals surface area contributed by atoms with Crippen molar-refractivity contribution < 1.29 is 14.3 Å². The molecule has 0 fully saturated rings. The molecule has 0 saturated carbocycles. The number of aryl methyl sites for hydroxylation is 1. The molecule has 5 heteroatoms. The summed E-state index contributed by atoms with van der Waals surface area (Å²) in [6.45, 7) is 0. The summed E-state index contributed by atoms with van der Waals surface area (Å²) in [5.41, 5.74) is 8.28. The molecular formula is C22H20N2O3. The van der Waals surface area contributed by atoms with Gasteiger partial charge in [0.2, 0.25) is 11.8 Å². The van der Waals surface area contributed by atoms with Crippen LogP contribution >= 0.6 is 0 Å². The van der Waals surface area contributed by atoms with Crippen molar-refractivity contribution in [2.45, 2.75) is 25.4 Å². The lowest BCUT2D eigenvalue weighted by Gasteiger charge is -2.26. The van der Waals surface area contributed by atoms with Crippen molar-refractivity contribution in [2.24, 2.45) is 5.73 Å². The van der Waals surface area contributed by atoms with Gasteiger partial charge in [0.15, 0.2) is 0 Å². The summed E-state index contributed by atoms with van der Waals surface area (Å²) >= 11 is 0. The standard InChI is InChI=1S/C22H20N2O3/c23-21(25)12-15-6-11-22(24-14-15)26-18-8-10-20-17(13-18)7-9-19(27-20)16-4-2-1-3-5-16/h1-6,8,10-11,13-14,19H,7,9,12H2,(H2,23,25). The zero-order valence-electron chi connectivity index (χ0n) is 14.8. The molecule has 0 saturated heterocycles. The first-order valence-corrected chi connectivity index (χ1v) is 8.93. The van der Waals surface area contributed by atoms with Crippen LogP contribution in [-0.4, -0.2) is 10.9 Å². The summed E-state index contributed by atoms with van der Waals surface area (Å²) in [5.74, 6) is 1.70. The van der Waals surface area contributed by atoms with Gasteiger partial charge >= 0.3 is 0 Å². The molecule has 2 N–H and O–H groups in total. The van der Waals surface area contributed by atoms with E-state index in [0.29, 0.717) is 11.6 Å². The van der Waals surface area contributed by atoms with Crippen molar-refractivity contribution in [1.82, 2.24) is 4.98 Å². The monoisotopic (exact) mass is 360 g/mol. The maximum Gasteiger partial charge on any atom is 0.221 e. The number of carbonyl (C=O) groups excluding carboxylic acids is 1. The number of nitrogens with two attached hydrogens (primary N) is 1. The number of primary amides is 1. The van der Waals surface area contributed by atoms with E-state index in [9.17, 15) is 4.79 Å². The van der Waals surface area contributed by atoms with Gasteiger partial charge < -0.3 is 15.2 Å². The van der Waals surface area contributed by atoms with Crippen LogP contribution in [0.15, 0.2) is 66.9 Å². The van der Waals surface area contributed by atoms with Crippen LogP contribution in [-0.2, 0) is 17.6 Å². The second-order valence-corrected chi connectivity index (χ2v) is 6.58. The summed E-state index contributed by atoms with van der Waals surface area (Å²) in [6, 6.07) is 19.6. The number of carbonyl (C=O) groups is 1. The van der Waals surface area contributed by atoms with E-state index in [1.165, 1.54) is 5.56 Å². The summed E-state index contributed by atoms with van der Waals surface area (Å²) in [6.07, 6.45) is 3.72. The molecule has 0 spiro atoms. The normalized spacial score (nSPS) is 15.5. The summed E-state index contributed by atoms with van der Waals surface area (Å²) in [7, 11) is 0. The number of benzene rings is 2. The highest BCUT2D eigenvalue weighted by molar-refractivity contribution is 5.76. The SMILES string of the molecule is NC(=O)Cc1ccc(Oc2ccc3c(c2)CCC(c2ccccc2)O3)nc1. The predicted molar refractivity (Wildman–Crippen MR) is 102 cm³/mol. The number of pyridine rings is 1. The lowest BCUT2D eigenvalue weighted by atomic mass is 9.97. The van der Waals surface area contributed by atoms with Gasteiger partial charge in [0.05, 0.1) is 6.42 Å². The Hall–Kier alpha value is -3.34. The first-order valence-electron chi connectivity index (χ1n) is 8.93. The molecular weight excluding hydrogens is 340 g/mol. The molecule has 1 atom stereocenters. The smallest absolute Gasteiger partial charge is 0.221 e. The van der Waals surface area contributed by atoms with Gasteiger partial charge in [-0.15, -0.1) is 0 Å². The van der Waals surface area contributed by atoms with Crippen molar-refractivity contribution >= 4 is 5.91 Å². The topological polar surface area (TPSA) is 74.4 Å². The largest absolute Gasteiger partial charge is 0.485 e. The minimum atomic E-state index is -0.381. The maximum absolute atomic E-state index is 10.9. The average molecular weight is 360 g/mol. The van der Waals surface area contributed by atoms with Crippen LogP contribution in [0.2, 0.25) is 0 Å². The minimum Gasteiger partial charge on any atom is -0.485 e. The number of nitrogens with zero attached hydrogens (tertiary/aromatic N) is 1. The highest BCUT2D eigenvalue weighted by Gasteiger charge is 2.21. The van der Waals surface area contributed by atoms with E-state index in [4.69, 9.17) is 15.2 Å². The van der Waals surface area contributed by atoms with E-state index in [1.807, 2.05) is 36.4 Å². The van der Waals surface area contributed by atoms with Crippen LogP contribution in [0.3, 0.4) is 0 Å². The van der Waals surface area contributed by atoms with Crippen molar-refractivity contribution in [3.63, 3.8) is 0 Å². The van der Waals surface area contributed by atoms with Gasteiger partial charge in [-0.2, -0.15) is 0 Å². The van der Waals surface area contributed by atoms with E-state index in [1.54, 1.807) is 18.3 Å². The molecule has 0 bridgehead atoms. The number of aromatic nitrogens is 1. The molecule has 2 aromatic carbocycles. The molecule has 4 rings (SSSR count). The van der Waals surface area contributed by atoms with Gasteiger partial charge in [-0.25, -0.2) is 4.98 Å². The lowest BCUT2D eigenvalue weighted by molar-refractivity contribution is -0.117. The molecule has 2 heterocycles. The van der Waals surface area contributed by atoms with E-state index in [0.717, 1.165) is 29.7 Å².